The number of nitrogens with zero attached hydrogens (tertiary/aromatic N) is 2. The number of hydrogen-bond donors (Lipinski definition) is 0. The van der Waals surface area contributed by atoms with Crippen molar-refractivity contribution < 1.29 is 14.2 Å². The fourth-order valence-corrected chi connectivity index (χ4v) is 1.98. The lowest BCUT2D eigenvalue weighted by Crippen LogP contribution is -2.25. The minimum absolute atomic E-state index is 0.370. The van der Waals surface area contributed by atoms with Gasteiger partial charge in [0.25, 0.3) is 0 Å². The molecule has 0 saturated heterocycles. The molecule has 112 valence electrons. The highest BCUT2D eigenvalue weighted by molar-refractivity contribution is 5.84. The molecule has 0 aliphatic carbocycles. The van der Waals surface area contributed by atoms with Crippen LogP contribution in [0.5, 0.6) is 17.4 Å². The van der Waals surface area contributed by atoms with Crippen LogP contribution in [0.3, 0.4) is 0 Å². The molecule has 1 aromatic heterocycles. The molecule has 0 amide bonds. The van der Waals surface area contributed by atoms with E-state index in [0.717, 1.165) is 0 Å². The van der Waals surface area contributed by atoms with E-state index in [1.165, 1.54) is 0 Å². The van der Waals surface area contributed by atoms with Gasteiger partial charge in [0.2, 0.25) is 11.8 Å². The van der Waals surface area contributed by atoms with Crippen LogP contribution in [0.25, 0.3) is 0 Å². The van der Waals surface area contributed by atoms with Crippen LogP contribution in [0.4, 0.5) is 0 Å². The van der Waals surface area contributed by atoms with Gasteiger partial charge in [0, 0.05) is 12.3 Å². The molecule has 1 aliphatic heterocycles. The highest BCUT2D eigenvalue weighted by atomic mass is 16.5. The molecule has 0 fully saturated rings. The highest BCUT2D eigenvalue weighted by Crippen LogP contribution is 2.23. The van der Waals surface area contributed by atoms with Crippen molar-refractivity contribution in [1.82, 2.24) is 4.98 Å². The summed E-state index contributed by atoms with van der Waals surface area (Å²) < 4.78 is 16.8. The van der Waals surface area contributed by atoms with Crippen LogP contribution in [-0.4, -0.2) is 30.1 Å². The molecule has 0 bridgehead atoms. The topological polar surface area (TPSA) is 52.9 Å². The lowest BCUT2D eigenvalue weighted by atomic mass is 10.3. The summed E-state index contributed by atoms with van der Waals surface area (Å²) in [5.41, 5.74) is 0. The van der Waals surface area contributed by atoms with E-state index < -0.39 is 0 Å². The van der Waals surface area contributed by atoms with Crippen molar-refractivity contribution >= 4 is 5.90 Å². The van der Waals surface area contributed by atoms with Crippen molar-refractivity contribution in [3.8, 4) is 17.4 Å². The monoisotopic (exact) mass is 296 g/mol. The van der Waals surface area contributed by atoms with E-state index in [4.69, 9.17) is 14.2 Å². The van der Waals surface area contributed by atoms with Gasteiger partial charge >= 0.3 is 0 Å². The van der Waals surface area contributed by atoms with Crippen molar-refractivity contribution in [3.05, 3.63) is 61.3 Å². The van der Waals surface area contributed by atoms with Gasteiger partial charge in [-0.1, -0.05) is 12.6 Å². The average molecular weight is 296 g/mol. The van der Waals surface area contributed by atoms with E-state index >= 15 is 0 Å². The maximum Gasteiger partial charge on any atom is 0.230 e. The quantitative estimate of drug-likeness (QED) is 0.768. The summed E-state index contributed by atoms with van der Waals surface area (Å²) in [5.74, 6) is 2.50. The van der Waals surface area contributed by atoms with E-state index in [2.05, 4.69) is 16.6 Å². The first-order valence-corrected chi connectivity index (χ1v) is 7.00. The molecule has 22 heavy (non-hydrogen) atoms. The molecule has 5 heteroatoms. The van der Waals surface area contributed by atoms with E-state index in [0.29, 0.717) is 36.4 Å². The van der Waals surface area contributed by atoms with Gasteiger partial charge in [-0.2, -0.15) is 0 Å². The number of rotatable bonds is 6. The highest BCUT2D eigenvalue weighted by Gasteiger charge is 2.19. The molecule has 5 nitrogen and oxygen atoms in total. The Bertz CT molecular complexity index is 653. The Morgan fingerprint density at radius 1 is 1.14 bits per heavy atom. The van der Waals surface area contributed by atoms with E-state index in [1.54, 1.807) is 18.3 Å². The van der Waals surface area contributed by atoms with Crippen LogP contribution in [0, 0.1) is 0 Å². The van der Waals surface area contributed by atoms with Crippen molar-refractivity contribution in [1.29, 1.82) is 0 Å². The molecular formula is C17H16N2O3. The SMILES string of the molecule is C=CC(Oc1ccc(Oc2ccccn2)cc1)C1=NCCO1. The van der Waals surface area contributed by atoms with Crippen LogP contribution >= 0.6 is 0 Å². The normalized spacial score (nSPS) is 14.6. The van der Waals surface area contributed by atoms with Gasteiger partial charge in [-0.15, -0.1) is 0 Å². The zero-order valence-corrected chi connectivity index (χ0v) is 12.0. The summed E-state index contributed by atoms with van der Waals surface area (Å²) in [7, 11) is 0. The fourth-order valence-electron chi connectivity index (χ4n) is 1.98. The second-order valence-corrected chi connectivity index (χ2v) is 4.58. The van der Waals surface area contributed by atoms with E-state index in [-0.39, 0.29) is 6.10 Å². The van der Waals surface area contributed by atoms with Gasteiger partial charge in [0.1, 0.15) is 18.1 Å². The molecule has 0 radical (unpaired) electrons. The zero-order valence-electron chi connectivity index (χ0n) is 12.0. The third-order valence-electron chi connectivity index (χ3n) is 3.01. The summed E-state index contributed by atoms with van der Waals surface area (Å²) in [6.45, 7) is 5.02. The summed E-state index contributed by atoms with van der Waals surface area (Å²) in [6, 6.07) is 12.8. The van der Waals surface area contributed by atoms with Gasteiger partial charge in [0.05, 0.1) is 6.54 Å². The molecule has 1 unspecified atom stereocenters. The molecule has 2 aromatic rings. The average Bonchev–Trinajstić information content (AvgIpc) is 3.09. The van der Waals surface area contributed by atoms with Crippen molar-refractivity contribution in [2.75, 3.05) is 13.2 Å². The molecule has 0 spiro atoms. The lowest BCUT2D eigenvalue weighted by Gasteiger charge is -2.15. The van der Waals surface area contributed by atoms with Crippen LogP contribution in [0.1, 0.15) is 0 Å². The summed E-state index contributed by atoms with van der Waals surface area (Å²) in [6.07, 6.45) is 2.98. The summed E-state index contributed by atoms with van der Waals surface area (Å²) in [5, 5.41) is 0. The summed E-state index contributed by atoms with van der Waals surface area (Å²) in [4.78, 5) is 8.35. The number of benzene rings is 1. The number of ether oxygens (including phenoxy) is 3. The Labute approximate surface area is 128 Å². The van der Waals surface area contributed by atoms with Crippen molar-refractivity contribution in [2.45, 2.75) is 6.10 Å². The molecule has 1 atom stereocenters. The molecule has 2 heterocycles. The largest absolute Gasteiger partial charge is 0.477 e. The maximum atomic E-state index is 5.81. The first-order valence-electron chi connectivity index (χ1n) is 7.00. The Balaban J connectivity index is 1.65. The van der Waals surface area contributed by atoms with Crippen molar-refractivity contribution in [3.63, 3.8) is 0 Å². The Kier molecular flexibility index (Phi) is 4.34. The first kappa shape index (κ1) is 14.1. The van der Waals surface area contributed by atoms with Gasteiger partial charge < -0.3 is 14.2 Å². The third kappa shape index (κ3) is 3.44. The number of aliphatic imine (C=N–C) groups is 1. The number of aromatic nitrogens is 1. The second kappa shape index (κ2) is 6.76. The second-order valence-electron chi connectivity index (χ2n) is 4.58. The van der Waals surface area contributed by atoms with Crippen LogP contribution in [-0.2, 0) is 4.74 Å². The Hall–Kier alpha value is -2.82. The van der Waals surface area contributed by atoms with Gasteiger partial charge in [0.15, 0.2) is 6.10 Å². The van der Waals surface area contributed by atoms with Gasteiger partial charge in [-0.25, -0.2) is 9.98 Å². The number of pyridine rings is 1. The zero-order chi connectivity index (χ0) is 15.2. The van der Waals surface area contributed by atoms with E-state index in [1.807, 2.05) is 36.4 Å². The van der Waals surface area contributed by atoms with Crippen molar-refractivity contribution in [2.24, 2.45) is 4.99 Å². The Morgan fingerprint density at radius 3 is 2.59 bits per heavy atom. The maximum absolute atomic E-state index is 5.81. The molecular weight excluding hydrogens is 280 g/mol. The van der Waals surface area contributed by atoms with Crippen LogP contribution in [0.2, 0.25) is 0 Å². The predicted octanol–water partition coefficient (Wildman–Crippen LogP) is 3.24. The molecule has 1 aromatic carbocycles. The standard InChI is InChI=1S/C17H16N2O3/c1-2-15(17-19-11-12-20-17)21-13-6-8-14(9-7-13)22-16-5-3-4-10-18-16/h2-10,15H,1,11-12H2. The van der Waals surface area contributed by atoms with Gasteiger partial charge in [-0.3, -0.25) is 0 Å². The third-order valence-corrected chi connectivity index (χ3v) is 3.01. The molecule has 0 N–H and O–H groups in total. The van der Waals surface area contributed by atoms with Gasteiger partial charge in [-0.05, 0) is 36.4 Å². The first-order chi connectivity index (χ1) is 10.8. The molecule has 3 rings (SSSR count). The summed E-state index contributed by atoms with van der Waals surface area (Å²) >= 11 is 0. The smallest absolute Gasteiger partial charge is 0.230 e. The minimum Gasteiger partial charge on any atom is -0.477 e. The number of hydrogen-bond acceptors (Lipinski definition) is 5. The molecule has 0 saturated carbocycles. The van der Waals surface area contributed by atoms with E-state index in [9.17, 15) is 0 Å². The Morgan fingerprint density at radius 2 is 1.95 bits per heavy atom. The molecule has 1 aliphatic rings. The predicted molar refractivity (Wildman–Crippen MR) is 83.6 cm³/mol. The fraction of sp³-hybridized carbons (Fsp3) is 0.176. The lowest BCUT2D eigenvalue weighted by molar-refractivity contribution is 0.253. The minimum atomic E-state index is -0.370. The van der Waals surface area contributed by atoms with Crippen LogP contribution < -0.4 is 9.47 Å². The van der Waals surface area contributed by atoms with Crippen LogP contribution in [0.15, 0.2) is 66.3 Å².